The zero-order valence-corrected chi connectivity index (χ0v) is 12.8. The fourth-order valence-corrected chi connectivity index (χ4v) is 2.05. The molecule has 18 heavy (non-hydrogen) atoms. The number of aryl methyl sites for hydroxylation is 1. The van der Waals surface area contributed by atoms with Crippen LogP contribution in [-0.4, -0.2) is 33.4 Å². The summed E-state index contributed by atoms with van der Waals surface area (Å²) in [6, 6.07) is 3.52. The van der Waals surface area contributed by atoms with Gasteiger partial charge < -0.3 is 14.8 Å². The third kappa shape index (κ3) is 6.12. The van der Waals surface area contributed by atoms with E-state index in [0.717, 1.165) is 18.7 Å². The van der Waals surface area contributed by atoms with Crippen LogP contribution in [0.4, 0.5) is 0 Å². The predicted octanol–water partition coefficient (Wildman–Crippen LogP) is 3.34. The molecule has 0 heterocycles. The Labute approximate surface area is 124 Å². The summed E-state index contributed by atoms with van der Waals surface area (Å²) in [5, 5.41) is 4.36. The van der Waals surface area contributed by atoms with E-state index >= 15 is 0 Å². The second-order valence-electron chi connectivity index (χ2n) is 3.62. The molecule has 0 bridgehead atoms. The predicted molar refractivity (Wildman–Crippen MR) is 78.7 cm³/mol. The number of rotatable bonds is 7. The first-order valence-electron chi connectivity index (χ1n) is 5.43. The molecule has 104 valence electrons. The lowest BCUT2D eigenvalue weighted by molar-refractivity contribution is 0.196. The van der Waals surface area contributed by atoms with Crippen molar-refractivity contribution in [1.29, 1.82) is 0 Å². The van der Waals surface area contributed by atoms with Gasteiger partial charge in [0, 0.05) is 25.2 Å². The van der Waals surface area contributed by atoms with Crippen LogP contribution in [0.5, 0.6) is 5.75 Å². The maximum absolute atomic E-state index is 6.05. The molecule has 0 unspecified atom stereocenters. The molecule has 0 aromatic heterocycles. The Hall–Kier alpha value is -0.190. The smallest absolute Gasteiger partial charge is 0.140 e. The number of ether oxygens (including phenoxy) is 2. The highest BCUT2D eigenvalue weighted by molar-refractivity contribution is 6.35. The van der Waals surface area contributed by atoms with Gasteiger partial charge in [-0.3, -0.25) is 0 Å². The summed E-state index contributed by atoms with van der Waals surface area (Å²) >= 11 is 11.9. The first-order valence-corrected chi connectivity index (χ1v) is 6.19. The molecular weight excluding hydrogens is 296 g/mol. The molecule has 0 aliphatic heterocycles. The minimum atomic E-state index is 0. The van der Waals surface area contributed by atoms with Gasteiger partial charge in [-0.25, -0.2) is 0 Å². The van der Waals surface area contributed by atoms with E-state index in [-0.39, 0.29) is 12.4 Å². The quantitative estimate of drug-likeness (QED) is 0.783. The van der Waals surface area contributed by atoms with Crippen molar-refractivity contribution in [2.24, 2.45) is 0 Å². The monoisotopic (exact) mass is 313 g/mol. The fraction of sp³-hybridized carbons (Fsp3) is 0.500. The maximum Gasteiger partial charge on any atom is 0.140 e. The Kier molecular flexibility index (Phi) is 9.60. The molecule has 0 atom stereocenters. The second-order valence-corrected chi connectivity index (χ2v) is 4.47. The van der Waals surface area contributed by atoms with Crippen molar-refractivity contribution in [3.63, 3.8) is 0 Å². The van der Waals surface area contributed by atoms with E-state index in [1.807, 2.05) is 13.0 Å². The van der Waals surface area contributed by atoms with E-state index in [9.17, 15) is 0 Å². The van der Waals surface area contributed by atoms with E-state index in [2.05, 4.69) is 5.32 Å². The number of benzene rings is 1. The molecule has 1 aromatic carbocycles. The average Bonchev–Trinajstić information content (AvgIpc) is 2.26. The molecule has 0 amide bonds. The normalized spacial score (nSPS) is 10.0. The van der Waals surface area contributed by atoms with Crippen LogP contribution >= 0.6 is 35.6 Å². The van der Waals surface area contributed by atoms with Gasteiger partial charge >= 0.3 is 0 Å². The largest absolute Gasteiger partial charge is 0.490 e. The highest BCUT2D eigenvalue weighted by Gasteiger charge is 2.06. The van der Waals surface area contributed by atoms with Crippen LogP contribution in [0.25, 0.3) is 0 Å². The fourth-order valence-electron chi connectivity index (χ4n) is 1.40. The maximum atomic E-state index is 6.05. The summed E-state index contributed by atoms with van der Waals surface area (Å²) < 4.78 is 10.5. The summed E-state index contributed by atoms with van der Waals surface area (Å²) in [7, 11) is 1.68. The SMILES string of the molecule is COCCNCCOc1c(C)cc(Cl)cc1Cl.Cl. The Morgan fingerprint density at radius 1 is 1.17 bits per heavy atom. The highest BCUT2D eigenvalue weighted by atomic mass is 35.5. The molecule has 0 fully saturated rings. The molecule has 0 radical (unpaired) electrons. The second kappa shape index (κ2) is 9.70. The van der Waals surface area contributed by atoms with Crippen LogP contribution in [0.2, 0.25) is 10.0 Å². The standard InChI is InChI=1S/C12H17Cl2NO2.ClH/c1-9-7-10(13)8-11(14)12(9)17-6-4-15-3-5-16-2;/h7-8,15H,3-6H2,1-2H3;1H. The number of nitrogens with one attached hydrogen (secondary N) is 1. The van der Waals surface area contributed by atoms with Crippen LogP contribution in [0, 0.1) is 6.92 Å². The van der Waals surface area contributed by atoms with E-state index in [1.165, 1.54) is 0 Å². The first-order chi connectivity index (χ1) is 8.15. The number of halogens is 3. The Morgan fingerprint density at radius 3 is 2.44 bits per heavy atom. The molecule has 0 spiro atoms. The van der Waals surface area contributed by atoms with Crippen molar-refractivity contribution < 1.29 is 9.47 Å². The average molecular weight is 315 g/mol. The summed E-state index contributed by atoms with van der Waals surface area (Å²) in [4.78, 5) is 0. The van der Waals surface area contributed by atoms with Gasteiger partial charge in [0.25, 0.3) is 0 Å². The van der Waals surface area contributed by atoms with Crippen molar-refractivity contribution in [2.45, 2.75) is 6.92 Å². The van der Waals surface area contributed by atoms with Crippen molar-refractivity contribution in [1.82, 2.24) is 5.32 Å². The summed E-state index contributed by atoms with van der Waals surface area (Å²) in [6.07, 6.45) is 0. The van der Waals surface area contributed by atoms with Crippen LogP contribution in [-0.2, 0) is 4.74 Å². The van der Waals surface area contributed by atoms with E-state index < -0.39 is 0 Å². The van der Waals surface area contributed by atoms with E-state index in [1.54, 1.807) is 13.2 Å². The number of hydrogen-bond acceptors (Lipinski definition) is 3. The summed E-state index contributed by atoms with van der Waals surface area (Å²) in [5.41, 5.74) is 0.944. The molecule has 6 heteroatoms. The third-order valence-electron chi connectivity index (χ3n) is 2.20. The molecule has 0 aliphatic rings. The molecule has 1 aromatic rings. The zero-order valence-electron chi connectivity index (χ0n) is 10.5. The van der Waals surface area contributed by atoms with Crippen molar-refractivity contribution >= 4 is 35.6 Å². The van der Waals surface area contributed by atoms with E-state index in [0.29, 0.717) is 29.0 Å². The Balaban J connectivity index is 0.00000289. The molecule has 0 saturated carbocycles. The van der Waals surface area contributed by atoms with Gasteiger partial charge in [-0.05, 0) is 24.6 Å². The van der Waals surface area contributed by atoms with E-state index in [4.69, 9.17) is 32.7 Å². The lowest BCUT2D eigenvalue weighted by Crippen LogP contribution is -2.24. The van der Waals surface area contributed by atoms with Crippen molar-refractivity contribution in [3.05, 3.63) is 27.7 Å². The Morgan fingerprint density at radius 2 is 1.83 bits per heavy atom. The third-order valence-corrected chi connectivity index (χ3v) is 2.70. The first kappa shape index (κ1) is 17.8. The summed E-state index contributed by atoms with van der Waals surface area (Å²) in [5.74, 6) is 0.699. The van der Waals surface area contributed by atoms with Gasteiger partial charge in [0.15, 0.2) is 0 Å². The molecule has 0 saturated heterocycles. The molecule has 1 N–H and O–H groups in total. The van der Waals surface area contributed by atoms with Crippen LogP contribution in [0.1, 0.15) is 5.56 Å². The van der Waals surface area contributed by atoms with Gasteiger partial charge in [-0.1, -0.05) is 23.2 Å². The van der Waals surface area contributed by atoms with Gasteiger partial charge in [0.1, 0.15) is 12.4 Å². The van der Waals surface area contributed by atoms with Crippen molar-refractivity contribution in [2.75, 3.05) is 33.4 Å². The Bertz CT molecular complexity index is 338. The number of hydrogen-bond donors (Lipinski definition) is 1. The van der Waals surface area contributed by atoms with Gasteiger partial charge in [-0.2, -0.15) is 0 Å². The van der Waals surface area contributed by atoms with Crippen LogP contribution in [0.15, 0.2) is 12.1 Å². The topological polar surface area (TPSA) is 30.5 Å². The molecule has 0 aliphatic carbocycles. The minimum Gasteiger partial charge on any atom is -0.490 e. The number of methoxy groups -OCH3 is 1. The van der Waals surface area contributed by atoms with Crippen molar-refractivity contribution in [3.8, 4) is 5.75 Å². The van der Waals surface area contributed by atoms with Gasteiger partial charge in [-0.15, -0.1) is 12.4 Å². The molecule has 3 nitrogen and oxygen atoms in total. The molecular formula is C12H18Cl3NO2. The molecule has 1 rings (SSSR count). The van der Waals surface area contributed by atoms with Crippen LogP contribution in [0.3, 0.4) is 0 Å². The highest BCUT2D eigenvalue weighted by Crippen LogP contribution is 2.31. The van der Waals surface area contributed by atoms with Gasteiger partial charge in [0.05, 0.1) is 11.6 Å². The zero-order chi connectivity index (χ0) is 12.7. The van der Waals surface area contributed by atoms with Crippen LogP contribution < -0.4 is 10.1 Å². The lowest BCUT2D eigenvalue weighted by atomic mass is 10.2. The van der Waals surface area contributed by atoms with Gasteiger partial charge in [0.2, 0.25) is 0 Å². The summed E-state index contributed by atoms with van der Waals surface area (Å²) in [6.45, 7) is 4.74. The minimum absolute atomic E-state index is 0. The lowest BCUT2D eigenvalue weighted by Gasteiger charge is -2.11.